The van der Waals surface area contributed by atoms with Gasteiger partial charge in [0.05, 0.1) is 11.4 Å². The van der Waals surface area contributed by atoms with Crippen LogP contribution in [0.25, 0.3) is 28.5 Å². The number of ether oxygens (including phenoxy) is 1. The molecule has 10 nitrogen and oxygen atoms in total. The summed E-state index contributed by atoms with van der Waals surface area (Å²) in [7, 11) is 0. The number of likely N-dealkylation sites (tertiary alicyclic amines) is 1. The summed E-state index contributed by atoms with van der Waals surface area (Å²) in [5.74, 6) is 0.842. The first kappa shape index (κ1) is 23.8. The lowest BCUT2D eigenvalue weighted by atomic mass is 9.93. The highest BCUT2D eigenvalue weighted by Crippen LogP contribution is 2.32. The van der Waals surface area contributed by atoms with Crippen LogP contribution in [0.3, 0.4) is 0 Å². The van der Waals surface area contributed by atoms with E-state index < -0.39 is 5.60 Å². The van der Waals surface area contributed by atoms with Gasteiger partial charge in [0, 0.05) is 30.6 Å². The van der Waals surface area contributed by atoms with E-state index in [4.69, 9.17) is 14.4 Å². The fourth-order valence-electron chi connectivity index (χ4n) is 4.67. The lowest BCUT2D eigenvalue weighted by Gasteiger charge is -2.33. The van der Waals surface area contributed by atoms with Crippen LogP contribution in [0.2, 0.25) is 0 Å². The molecule has 0 bridgehead atoms. The van der Waals surface area contributed by atoms with E-state index >= 15 is 0 Å². The van der Waals surface area contributed by atoms with Gasteiger partial charge in [0.2, 0.25) is 5.82 Å². The van der Waals surface area contributed by atoms with Crippen molar-refractivity contribution in [3.05, 3.63) is 57.6 Å². The first-order valence-electron chi connectivity index (χ1n) is 12.1. The molecule has 0 atom stereocenters. The van der Waals surface area contributed by atoms with Gasteiger partial charge in [0.25, 0.3) is 11.4 Å². The fourth-order valence-corrected chi connectivity index (χ4v) is 4.67. The van der Waals surface area contributed by atoms with Crippen LogP contribution in [-0.4, -0.2) is 54.4 Å². The van der Waals surface area contributed by atoms with Gasteiger partial charge in [0.15, 0.2) is 0 Å². The average molecular weight is 491 g/mol. The number of hydrogen-bond donors (Lipinski definition) is 1. The molecule has 1 aromatic carbocycles. The van der Waals surface area contributed by atoms with Crippen LogP contribution < -0.4 is 5.56 Å². The number of nitrogens with zero attached hydrogens (tertiary/aromatic N) is 5. The van der Waals surface area contributed by atoms with Crippen LogP contribution in [0.1, 0.15) is 56.5 Å². The SMILES string of the molecule is Cc1ccccc1-c1noc(-c2c(C)nn3c(C4CCN(C(=O)OC(C)(C)C)CC4)cc(=O)[nH]c23)n1. The summed E-state index contributed by atoms with van der Waals surface area (Å²) in [5.41, 5.74) is 3.74. The summed E-state index contributed by atoms with van der Waals surface area (Å²) in [6.07, 6.45) is 1.09. The minimum Gasteiger partial charge on any atom is -0.444 e. The second-order valence-corrected chi connectivity index (χ2v) is 10.3. The third kappa shape index (κ3) is 4.50. The van der Waals surface area contributed by atoms with E-state index in [1.54, 1.807) is 15.5 Å². The van der Waals surface area contributed by atoms with Crippen LogP contribution in [0.15, 0.2) is 39.6 Å². The number of piperidine rings is 1. The Kier molecular flexibility index (Phi) is 5.89. The third-order valence-corrected chi connectivity index (χ3v) is 6.42. The Morgan fingerprint density at radius 3 is 2.58 bits per heavy atom. The van der Waals surface area contributed by atoms with Crippen molar-refractivity contribution < 1.29 is 14.1 Å². The molecule has 3 aromatic heterocycles. The fraction of sp³-hybridized carbons (Fsp3) is 0.423. The molecule has 1 saturated heterocycles. The zero-order valence-corrected chi connectivity index (χ0v) is 21.2. The van der Waals surface area contributed by atoms with Gasteiger partial charge < -0.3 is 19.1 Å². The van der Waals surface area contributed by atoms with Gasteiger partial charge in [-0.25, -0.2) is 9.31 Å². The second-order valence-electron chi connectivity index (χ2n) is 10.3. The molecular weight excluding hydrogens is 460 g/mol. The number of carbonyl (C=O) groups is 1. The van der Waals surface area contributed by atoms with Crippen molar-refractivity contribution in [1.29, 1.82) is 0 Å². The molecule has 0 unspecified atom stereocenters. The topological polar surface area (TPSA) is 119 Å². The Morgan fingerprint density at radius 2 is 1.89 bits per heavy atom. The number of benzene rings is 1. The number of aromatic amines is 1. The van der Waals surface area contributed by atoms with Gasteiger partial charge >= 0.3 is 6.09 Å². The van der Waals surface area contributed by atoms with Crippen LogP contribution in [-0.2, 0) is 4.74 Å². The standard InChI is InChI=1S/C26H30N6O4/c1-15-8-6-7-9-18(15)22-28-24(36-30-22)21-16(2)29-32-19(14-20(33)27-23(21)32)17-10-12-31(13-11-17)25(34)35-26(3,4)5/h6-9,14,17H,10-13H2,1-5H3,(H,27,33). The summed E-state index contributed by atoms with van der Waals surface area (Å²) < 4.78 is 12.9. The van der Waals surface area contributed by atoms with Gasteiger partial charge in [-0.3, -0.25) is 4.79 Å². The van der Waals surface area contributed by atoms with Gasteiger partial charge in [-0.2, -0.15) is 10.1 Å². The first-order valence-corrected chi connectivity index (χ1v) is 12.1. The molecule has 1 N–H and O–H groups in total. The predicted molar refractivity (Wildman–Crippen MR) is 134 cm³/mol. The van der Waals surface area contributed by atoms with Gasteiger partial charge in [-0.1, -0.05) is 29.4 Å². The number of fused-ring (bicyclic) bond motifs is 1. The quantitative estimate of drug-likeness (QED) is 0.450. The van der Waals surface area contributed by atoms with Gasteiger partial charge in [-0.05, 0) is 53.0 Å². The highest BCUT2D eigenvalue weighted by atomic mass is 16.6. The van der Waals surface area contributed by atoms with E-state index in [0.717, 1.165) is 16.8 Å². The summed E-state index contributed by atoms with van der Waals surface area (Å²) in [5, 5.41) is 8.89. The number of rotatable bonds is 3. The Bertz CT molecular complexity index is 1480. The zero-order valence-electron chi connectivity index (χ0n) is 21.2. The number of carbonyl (C=O) groups excluding carboxylic acids is 1. The van der Waals surface area contributed by atoms with Crippen molar-refractivity contribution in [1.82, 2.24) is 29.6 Å². The molecule has 0 aliphatic carbocycles. The Labute approximate surface area is 208 Å². The van der Waals surface area contributed by atoms with Crippen LogP contribution >= 0.6 is 0 Å². The normalized spacial score (nSPS) is 15.0. The van der Waals surface area contributed by atoms with Crippen molar-refractivity contribution in [3.63, 3.8) is 0 Å². The number of hydrogen-bond acceptors (Lipinski definition) is 7. The molecule has 1 fully saturated rings. The number of nitrogens with one attached hydrogen (secondary N) is 1. The molecule has 1 aliphatic heterocycles. The number of aromatic nitrogens is 5. The molecule has 4 heterocycles. The van der Waals surface area contributed by atoms with Gasteiger partial charge in [-0.15, -0.1) is 0 Å². The number of amides is 1. The molecule has 0 radical (unpaired) electrons. The molecule has 36 heavy (non-hydrogen) atoms. The maximum absolute atomic E-state index is 12.7. The number of aryl methyl sites for hydroxylation is 2. The predicted octanol–water partition coefficient (Wildman–Crippen LogP) is 4.47. The Morgan fingerprint density at radius 1 is 1.17 bits per heavy atom. The molecule has 5 rings (SSSR count). The lowest BCUT2D eigenvalue weighted by molar-refractivity contribution is 0.0203. The molecule has 188 valence electrons. The van der Waals surface area contributed by atoms with Crippen molar-refractivity contribution in [3.8, 4) is 22.8 Å². The summed E-state index contributed by atoms with van der Waals surface area (Å²) >= 11 is 0. The molecule has 0 spiro atoms. The van der Waals surface area contributed by atoms with E-state index in [2.05, 4.69) is 15.1 Å². The Hall–Kier alpha value is -3.95. The summed E-state index contributed by atoms with van der Waals surface area (Å²) in [4.78, 5) is 34.4. The molecular formula is C26H30N6O4. The summed E-state index contributed by atoms with van der Waals surface area (Å²) in [6, 6.07) is 9.40. The monoisotopic (exact) mass is 490 g/mol. The number of H-pyrrole nitrogens is 1. The summed E-state index contributed by atoms with van der Waals surface area (Å²) in [6.45, 7) is 10.5. The maximum atomic E-state index is 12.7. The molecule has 1 aliphatic rings. The highest BCUT2D eigenvalue weighted by molar-refractivity contribution is 5.75. The van der Waals surface area contributed by atoms with E-state index in [9.17, 15) is 9.59 Å². The molecule has 1 amide bonds. The van der Waals surface area contributed by atoms with Crippen molar-refractivity contribution in [2.24, 2.45) is 0 Å². The van der Waals surface area contributed by atoms with E-state index in [0.29, 0.717) is 54.6 Å². The average Bonchev–Trinajstić information content (AvgIpc) is 3.41. The maximum Gasteiger partial charge on any atom is 0.410 e. The first-order chi connectivity index (χ1) is 17.1. The minimum absolute atomic E-state index is 0.0610. The van der Waals surface area contributed by atoms with Crippen molar-refractivity contribution in [2.45, 2.75) is 59.0 Å². The third-order valence-electron chi connectivity index (χ3n) is 6.42. The van der Waals surface area contributed by atoms with E-state index in [-0.39, 0.29) is 17.6 Å². The van der Waals surface area contributed by atoms with Crippen LogP contribution in [0.4, 0.5) is 4.79 Å². The van der Waals surface area contributed by atoms with E-state index in [1.807, 2.05) is 58.9 Å². The second kappa shape index (κ2) is 8.92. The molecule has 4 aromatic rings. The van der Waals surface area contributed by atoms with Crippen molar-refractivity contribution in [2.75, 3.05) is 13.1 Å². The minimum atomic E-state index is -0.538. The van der Waals surface area contributed by atoms with Crippen molar-refractivity contribution >= 4 is 11.7 Å². The highest BCUT2D eigenvalue weighted by Gasteiger charge is 2.30. The van der Waals surface area contributed by atoms with E-state index in [1.165, 1.54) is 0 Å². The van der Waals surface area contributed by atoms with Crippen LogP contribution in [0.5, 0.6) is 0 Å². The molecule has 10 heteroatoms. The molecule has 0 saturated carbocycles. The largest absolute Gasteiger partial charge is 0.444 e. The zero-order chi connectivity index (χ0) is 25.6. The van der Waals surface area contributed by atoms with Crippen LogP contribution in [0, 0.1) is 13.8 Å². The smallest absolute Gasteiger partial charge is 0.410 e. The lowest BCUT2D eigenvalue weighted by Crippen LogP contribution is -2.41. The van der Waals surface area contributed by atoms with Gasteiger partial charge in [0.1, 0.15) is 16.8 Å². The Balaban J connectivity index is 1.46.